The van der Waals surface area contributed by atoms with Crippen LogP contribution in [0.4, 0.5) is 0 Å². The Labute approximate surface area is 651 Å². The molecule has 9 heterocycles. The van der Waals surface area contributed by atoms with E-state index in [4.69, 9.17) is 85.3 Å². The highest BCUT2D eigenvalue weighted by Gasteiger charge is 2.61. The summed E-state index contributed by atoms with van der Waals surface area (Å²) in [5.74, 6) is -2.84. The summed E-state index contributed by atoms with van der Waals surface area (Å²) in [4.78, 5) is 49.9. The van der Waals surface area contributed by atoms with E-state index in [1.807, 2.05) is 0 Å². The van der Waals surface area contributed by atoms with Gasteiger partial charge >= 0.3 is 0 Å². The molecule has 0 aliphatic carbocycles. The maximum atomic E-state index is 13.1. The minimum absolute atomic E-state index is 0.256. The molecule has 46 atom stereocenters. The predicted molar refractivity (Wildman–Crippen MR) is 354 cm³/mol. The van der Waals surface area contributed by atoms with E-state index in [0.717, 1.165) is 20.8 Å². The Hall–Kier alpha value is -3.84. The quantitative estimate of drug-likeness (QED) is 0.0271. The minimum atomic E-state index is -2.38. The lowest BCUT2D eigenvalue weighted by molar-refractivity contribution is -0.392. The molecule has 9 fully saturated rings. The highest BCUT2D eigenvalue weighted by molar-refractivity contribution is 5.74. The summed E-state index contributed by atoms with van der Waals surface area (Å²) in [7, 11) is 0. The van der Waals surface area contributed by atoms with Crippen LogP contribution in [0.2, 0.25) is 0 Å². The molecule has 0 aromatic carbocycles. The molecule has 0 saturated carbocycles. The number of carbonyl (C=O) groups is 4. The molecular formula is C64H108N4O47. The Morgan fingerprint density at radius 1 is 0.296 bits per heavy atom. The number of rotatable bonds is 33. The number of aliphatic hydroxyl groups is 25. The van der Waals surface area contributed by atoms with Crippen LogP contribution in [0.3, 0.4) is 0 Å². The number of ether oxygens (including phenoxy) is 18. The van der Waals surface area contributed by atoms with Gasteiger partial charge in [0.2, 0.25) is 24.1 Å². The largest absolute Gasteiger partial charge is 0.394 e. The first-order valence-electron chi connectivity index (χ1n) is 36.7. The predicted octanol–water partition coefficient (Wildman–Crippen LogP) is -20.0. The molecular weight excluding hydrogens is 1580 g/mol. The fourth-order valence-electron chi connectivity index (χ4n) is 14.7. The molecule has 0 aromatic heterocycles. The van der Waals surface area contributed by atoms with Gasteiger partial charge in [-0.3, -0.25) is 19.2 Å². The van der Waals surface area contributed by atoms with E-state index in [9.17, 15) is 147 Å². The number of carbonyl (C=O) groups excluding carboxylic acids is 4. The van der Waals surface area contributed by atoms with E-state index < -0.39 is 366 Å². The summed E-state index contributed by atoms with van der Waals surface area (Å²) in [5.41, 5.74) is 0. The van der Waals surface area contributed by atoms with Crippen LogP contribution in [-0.4, -0.2) is 500 Å². The Morgan fingerprint density at radius 3 is 0.965 bits per heavy atom. The third-order valence-electron chi connectivity index (χ3n) is 20.9. The molecule has 0 unspecified atom stereocenters. The molecule has 9 rings (SSSR count). The van der Waals surface area contributed by atoms with Crippen molar-refractivity contribution in [1.29, 1.82) is 0 Å². The van der Waals surface area contributed by atoms with Gasteiger partial charge in [0.05, 0.1) is 78.2 Å². The molecule has 0 spiro atoms. The topological polar surface area (TPSA) is 788 Å². The molecule has 0 aromatic rings. The van der Waals surface area contributed by atoms with Gasteiger partial charge in [-0.15, -0.1) is 0 Å². The lowest BCUT2D eigenvalue weighted by Crippen LogP contribution is -2.71. The van der Waals surface area contributed by atoms with Crippen molar-refractivity contribution >= 4 is 24.1 Å². The zero-order valence-electron chi connectivity index (χ0n) is 61.9. The van der Waals surface area contributed by atoms with E-state index in [-0.39, 0.29) is 6.41 Å². The normalized spacial score (nSPS) is 48.2. The fourth-order valence-corrected chi connectivity index (χ4v) is 14.7. The van der Waals surface area contributed by atoms with Crippen LogP contribution in [0.25, 0.3) is 0 Å². The van der Waals surface area contributed by atoms with Crippen molar-refractivity contribution in [2.75, 3.05) is 66.1 Å². The van der Waals surface area contributed by atoms with Crippen molar-refractivity contribution < 1.29 is 232 Å². The van der Waals surface area contributed by atoms with Crippen molar-refractivity contribution in [3.63, 3.8) is 0 Å². The Bertz CT molecular complexity index is 3010. The fraction of sp³-hybridized carbons (Fsp3) is 0.938. The van der Waals surface area contributed by atoms with E-state index in [1.165, 1.54) is 6.92 Å². The second-order valence-corrected chi connectivity index (χ2v) is 28.8. The van der Waals surface area contributed by atoms with E-state index >= 15 is 0 Å². The first-order valence-corrected chi connectivity index (χ1v) is 36.7. The second kappa shape index (κ2) is 42.3. The summed E-state index contributed by atoms with van der Waals surface area (Å²) in [5, 5.41) is 287. The second-order valence-electron chi connectivity index (χ2n) is 28.8. The monoisotopic (exact) mass is 1680 g/mol. The number of nitrogens with one attached hydrogen (secondary N) is 4. The zero-order chi connectivity index (χ0) is 84.6. The Kier molecular flexibility index (Phi) is 34.9. The molecule has 51 heteroatoms. The van der Waals surface area contributed by atoms with Crippen LogP contribution in [0.5, 0.6) is 0 Å². The summed E-state index contributed by atoms with van der Waals surface area (Å²) < 4.78 is 105. The van der Waals surface area contributed by atoms with Crippen molar-refractivity contribution in [3.05, 3.63) is 0 Å². The Morgan fingerprint density at radius 2 is 0.583 bits per heavy atom. The van der Waals surface area contributed by atoms with Gasteiger partial charge in [-0.05, 0) is 6.92 Å². The van der Waals surface area contributed by atoms with E-state index in [0.29, 0.717) is 0 Å². The van der Waals surface area contributed by atoms with Crippen LogP contribution in [0, 0.1) is 0 Å². The van der Waals surface area contributed by atoms with Gasteiger partial charge in [-0.25, -0.2) is 0 Å². The summed E-state index contributed by atoms with van der Waals surface area (Å²) in [6, 6.07) is -6.79. The standard InChI is InChI=1S/C64H108N4O47/c1-16-32(82)40(90)43(93)60(99-16)115-55-41(91)33(83)21(6-70)104-64(55)111-51-31(68-19(4)81)58(100-22(7-71)34(51)84)114-54-37(87)25(10-74)102-62(47(54)97)109-49-27(12-76)105-56(29(39(49)89)66-17(2)79)112-52-35(85)23(8-72)101-61(45(52)95)108-48-26(11-75)106-57(30(38(48)88)67-18(3)80)113-53-36(86)24(9-73)103-63(46(53)96)110-50-28(13-77)107-59(44(94)42(50)92)98-14-20(5-69)65-15-78/h15-16,20-64,69-77,82-97H,5-14H2,1-4H3,(H,65,78)(H,66,79)(H,67,80)(H,68,81)/t16-,20+,21+,22+,23+,24+,25+,26+,27+,28+,29+,30+,31+,32+,33-,34-,35-,36-,37-,38+,39+,40+,41-,42+,43-,44+,45+,46+,47+,48+,49+,50+,51+,52-,53-,54-,55+,56-,57-,58+,59+,60-,61-,62-,63-,64-/m0/s1. The van der Waals surface area contributed by atoms with Gasteiger partial charge < -0.3 is 234 Å². The maximum Gasteiger partial charge on any atom is 0.217 e. The number of amides is 4. The average Bonchev–Trinajstić information content (AvgIpc) is 0.766. The third-order valence-corrected chi connectivity index (χ3v) is 20.9. The molecule has 9 aliphatic heterocycles. The van der Waals surface area contributed by atoms with Crippen LogP contribution in [0.15, 0.2) is 0 Å². The summed E-state index contributed by atoms with van der Waals surface area (Å²) in [6.45, 7) is -5.75. The molecule has 51 nitrogen and oxygen atoms in total. The van der Waals surface area contributed by atoms with Crippen LogP contribution < -0.4 is 21.3 Å². The van der Waals surface area contributed by atoms with Crippen molar-refractivity contribution in [2.24, 2.45) is 0 Å². The molecule has 4 amide bonds. The smallest absolute Gasteiger partial charge is 0.217 e. The maximum absolute atomic E-state index is 13.1. The SMILES string of the molecule is CC(=O)N[C@H]1[C@H](O[C@H]2[C@@H](O)[C@@H](CO)O[C@@H](O[C@H]3[C@H](O)[C@@H](O)[C@H](OC[C@@H](CO)NC=O)O[C@@H]3CO)[C@@H]2O)O[C@H](CO)[C@@H](O[C@@H]2O[C@H](CO)[C@H](O)[C@H](O[C@@H]3O[C@H](CO)[C@@H](O[C@@H]4O[C@H](CO)[C@H](O)[C@H](O[C@H]5O[C@H](CO)[C@H](O)[C@H](O[C@@H]6O[C@H](CO)[C@H](O)[C@H](O)[C@H]6O[C@@H]6O[C@@H](C)[C@@H](O)[C@@H](O)[C@@H]6O)[C@H]5NC(C)=O)[C@H]4O)[C@H](O)[C@H]3NC(C)=O)[C@H]2O)[C@@H]1O. The first kappa shape index (κ1) is 95.0. The highest BCUT2D eigenvalue weighted by atomic mass is 16.8. The molecule has 0 bridgehead atoms. The molecule has 29 N–H and O–H groups in total. The molecule has 9 aliphatic rings. The van der Waals surface area contributed by atoms with Gasteiger partial charge in [0.1, 0.15) is 213 Å². The van der Waals surface area contributed by atoms with Crippen LogP contribution in [0.1, 0.15) is 27.7 Å². The first-order chi connectivity index (χ1) is 54.6. The van der Waals surface area contributed by atoms with Crippen molar-refractivity contribution in [1.82, 2.24) is 21.3 Å². The third kappa shape index (κ3) is 21.3. The molecule has 0 radical (unpaired) electrons. The van der Waals surface area contributed by atoms with Gasteiger partial charge in [0.25, 0.3) is 0 Å². The van der Waals surface area contributed by atoms with Crippen molar-refractivity contribution in [2.45, 2.75) is 310 Å². The van der Waals surface area contributed by atoms with Crippen molar-refractivity contribution in [3.8, 4) is 0 Å². The highest BCUT2D eigenvalue weighted by Crippen LogP contribution is 2.40. The molecule has 666 valence electrons. The van der Waals surface area contributed by atoms with E-state index in [2.05, 4.69) is 21.3 Å². The van der Waals surface area contributed by atoms with Gasteiger partial charge in [-0.1, -0.05) is 0 Å². The van der Waals surface area contributed by atoms with Crippen LogP contribution in [-0.2, 0) is 104 Å². The minimum Gasteiger partial charge on any atom is -0.394 e. The summed E-state index contributed by atoms with van der Waals surface area (Å²) in [6.07, 6.45) is -84.1. The van der Waals surface area contributed by atoms with Crippen LogP contribution >= 0.6 is 0 Å². The average molecular weight is 1690 g/mol. The molecule has 9 saturated heterocycles. The van der Waals surface area contributed by atoms with Gasteiger partial charge in [-0.2, -0.15) is 0 Å². The van der Waals surface area contributed by atoms with Gasteiger partial charge in [0.15, 0.2) is 56.6 Å². The number of hydrogen-bond acceptors (Lipinski definition) is 47. The zero-order valence-corrected chi connectivity index (χ0v) is 61.9. The lowest BCUT2D eigenvalue weighted by atomic mass is 9.93. The number of aliphatic hydroxyl groups excluding tert-OH is 25. The number of hydrogen-bond donors (Lipinski definition) is 29. The molecule has 115 heavy (non-hydrogen) atoms. The van der Waals surface area contributed by atoms with E-state index in [1.54, 1.807) is 0 Å². The van der Waals surface area contributed by atoms with Gasteiger partial charge in [0, 0.05) is 20.8 Å². The summed E-state index contributed by atoms with van der Waals surface area (Å²) >= 11 is 0. The lowest BCUT2D eigenvalue weighted by Gasteiger charge is -2.51. The Balaban J connectivity index is 0.905.